The lowest BCUT2D eigenvalue weighted by atomic mass is 9.96. The molecule has 1 unspecified atom stereocenters. The van der Waals surface area contributed by atoms with Crippen LogP contribution in [0.15, 0.2) is 48.5 Å². The van der Waals surface area contributed by atoms with Gasteiger partial charge in [0.25, 0.3) is 0 Å². The van der Waals surface area contributed by atoms with Gasteiger partial charge in [0.15, 0.2) is 0 Å². The number of anilines is 1. The van der Waals surface area contributed by atoms with Gasteiger partial charge in [0.1, 0.15) is 5.75 Å². The van der Waals surface area contributed by atoms with Gasteiger partial charge in [-0.1, -0.05) is 44.2 Å². The highest BCUT2D eigenvalue weighted by atomic mass is 16.5. The smallest absolute Gasteiger partial charge is 0.224 e. The van der Waals surface area contributed by atoms with Crippen LogP contribution in [0.1, 0.15) is 50.3 Å². The van der Waals surface area contributed by atoms with Gasteiger partial charge in [0.2, 0.25) is 11.8 Å². The number of hydrogen-bond donors (Lipinski definition) is 2. The van der Waals surface area contributed by atoms with Gasteiger partial charge >= 0.3 is 0 Å². The number of hydrogen-bond acceptors (Lipinski definition) is 3. The molecule has 0 bridgehead atoms. The Morgan fingerprint density at radius 2 is 1.93 bits per heavy atom. The minimum atomic E-state index is 0.0190. The van der Waals surface area contributed by atoms with Crippen molar-refractivity contribution in [2.24, 2.45) is 5.92 Å². The average Bonchev–Trinajstić information content (AvgIpc) is 2.70. The maximum atomic E-state index is 12.4. The van der Waals surface area contributed by atoms with Crippen LogP contribution < -0.4 is 15.4 Å². The monoisotopic (exact) mass is 380 g/mol. The summed E-state index contributed by atoms with van der Waals surface area (Å²) < 4.78 is 5.79. The van der Waals surface area contributed by atoms with Crippen LogP contribution in [0.3, 0.4) is 0 Å². The fraction of sp³-hybridized carbons (Fsp3) is 0.391. The largest absolute Gasteiger partial charge is 0.494 e. The summed E-state index contributed by atoms with van der Waals surface area (Å²) in [6.45, 7) is 4.70. The summed E-state index contributed by atoms with van der Waals surface area (Å²) in [6.07, 6.45) is 2.32. The minimum Gasteiger partial charge on any atom is -0.494 e. The van der Waals surface area contributed by atoms with Gasteiger partial charge in [-0.2, -0.15) is 0 Å². The second kappa shape index (κ2) is 9.40. The Morgan fingerprint density at radius 3 is 2.68 bits per heavy atom. The van der Waals surface area contributed by atoms with Gasteiger partial charge in [0.05, 0.1) is 12.6 Å². The molecule has 5 heteroatoms. The normalized spacial score (nSPS) is 14.2. The van der Waals surface area contributed by atoms with E-state index in [1.807, 2.05) is 48.5 Å². The number of carbonyl (C=O) groups excluding carboxylic acids is 2. The number of amides is 2. The van der Waals surface area contributed by atoms with Crippen molar-refractivity contribution in [1.29, 1.82) is 0 Å². The number of fused-ring (bicyclic) bond motifs is 1. The van der Waals surface area contributed by atoms with Gasteiger partial charge in [-0.3, -0.25) is 9.59 Å². The number of aryl methyl sites for hydroxylation is 1. The molecule has 0 spiro atoms. The summed E-state index contributed by atoms with van der Waals surface area (Å²) in [6, 6.07) is 15.8. The maximum absolute atomic E-state index is 12.4. The van der Waals surface area contributed by atoms with Crippen molar-refractivity contribution in [3.05, 3.63) is 59.7 Å². The van der Waals surface area contributed by atoms with Gasteiger partial charge in [-0.15, -0.1) is 0 Å². The highest BCUT2D eigenvalue weighted by Crippen LogP contribution is 2.27. The molecule has 2 amide bonds. The van der Waals surface area contributed by atoms with Gasteiger partial charge in [-0.25, -0.2) is 0 Å². The molecule has 0 saturated heterocycles. The molecular formula is C23H28N2O3. The van der Waals surface area contributed by atoms with Gasteiger partial charge in [0, 0.05) is 18.5 Å². The Hall–Kier alpha value is -2.82. The Bertz CT molecular complexity index is 818. The number of benzene rings is 2. The topological polar surface area (TPSA) is 67.4 Å². The zero-order valence-corrected chi connectivity index (χ0v) is 16.5. The molecule has 1 heterocycles. The first kappa shape index (κ1) is 19.9. The van der Waals surface area contributed by atoms with Crippen LogP contribution >= 0.6 is 0 Å². The Labute approximate surface area is 166 Å². The zero-order valence-electron chi connectivity index (χ0n) is 16.5. The third kappa shape index (κ3) is 5.35. The molecule has 0 aliphatic carbocycles. The van der Waals surface area contributed by atoms with Gasteiger partial charge in [-0.05, 0) is 48.1 Å². The van der Waals surface area contributed by atoms with Crippen LogP contribution in [0.5, 0.6) is 5.75 Å². The van der Waals surface area contributed by atoms with Crippen molar-refractivity contribution in [3.8, 4) is 5.75 Å². The Balaban J connectivity index is 1.45. The number of carbonyl (C=O) groups is 2. The van der Waals surface area contributed by atoms with Crippen LogP contribution in [-0.2, 0) is 16.0 Å². The van der Waals surface area contributed by atoms with Crippen LogP contribution in [-0.4, -0.2) is 18.4 Å². The molecular weight excluding hydrogens is 352 g/mol. The van der Waals surface area contributed by atoms with Crippen molar-refractivity contribution in [1.82, 2.24) is 5.32 Å². The summed E-state index contributed by atoms with van der Waals surface area (Å²) in [5, 5.41) is 6.00. The average molecular weight is 380 g/mol. The maximum Gasteiger partial charge on any atom is 0.224 e. The third-order valence-electron chi connectivity index (χ3n) is 4.93. The standard InChI is InChI=1S/C23H28N2O3/c1-16(2)23(17-7-4-3-5-8-17)25-21(26)9-6-14-28-19-11-12-20-18(15-19)10-13-22(27)24-20/h3-5,7-8,11-12,15-16,23H,6,9-10,13-14H2,1-2H3,(H,24,27)(H,25,26). The molecule has 2 N–H and O–H groups in total. The van der Waals surface area contributed by atoms with E-state index in [9.17, 15) is 9.59 Å². The summed E-state index contributed by atoms with van der Waals surface area (Å²) in [7, 11) is 0. The minimum absolute atomic E-state index is 0.0190. The molecule has 5 nitrogen and oxygen atoms in total. The van der Waals surface area contributed by atoms with Crippen molar-refractivity contribution in [3.63, 3.8) is 0 Å². The SMILES string of the molecule is CC(C)C(NC(=O)CCCOc1ccc2c(c1)CCC(=O)N2)c1ccccc1. The third-order valence-corrected chi connectivity index (χ3v) is 4.93. The fourth-order valence-corrected chi connectivity index (χ4v) is 3.41. The Morgan fingerprint density at radius 1 is 1.14 bits per heavy atom. The second-order valence-electron chi connectivity index (χ2n) is 7.52. The first-order chi connectivity index (χ1) is 13.5. The molecule has 2 aromatic rings. The van der Waals surface area contributed by atoms with Crippen molar-refractivity contribution < 1.29 is 14.3 Å². The molecule has 1 aliphatic rings. The molecule has 0 aromatic heterocycles. The molecule has 0 radical (unpaired) electrons. The number of nitrogens with one attached hydrogen (secondary N) is 2. The van der Waals surface area contributed by atoms with Crippen molar-refractivity contribution >= 4 is 17.5 Å². The van der Waals surface area contributed by atoms with E-state index in [-0.39, 0.29) is 17.9 Å². The molecule has 28 heavy (non-hydrogen) atoms. The van der Waals surface area contributed by atoms with E-state index in [0.717, 1.165) is 29.0 Å². The van der Waals surface area contributed by atoms with E-state index in [1.165, 1.54) is 0 Å². The quantitative estimate of drug-likeness (QED) is 0.673. The zero-order chi connectivity index (χ0) is 19.9. The van der Waals surface area contributed by atoms with Crippen LogP contribution in [0, 0.1) is 5.92 Å². The summed E-state index contributed by atoms with van der Waals surface area (Å²) in [5.41, 5.74) is 3.09. The lowest BCUT2D eigenvalue weighted by Gasteiger charge is -2.23. The number of rotatable bonds is 8. The van der Waals surface area contributed by atoms with E-state index in [0.29, 0.717) is 31.8 Å². The highest BCUT2D eigenvalue weighted by molar-refractivity contribution is 5.94. The van der Waals surface area contributed by atoms with E-state index in [2.05, 4.69) is 24.5 Å². The van der Waals surface area contributed by atoms with Crippen LogP contribution in [0.4, 0.5) is 5.69 Å². The first-order valence-electron chi connectivity index (χ1n) is 9.93. The van der Waals surface area contributed by atoms with Crippen molar-refractivity contribution in [2.75, 3.05) is 11.9 Å². The molecule has 1 aliphatic heterocycles. The van der Waals surface area contributed by atoms with Crippen molar-refractivity contribution in [2.45, 2.75) is 45.6 Å². The molecule has 2 aromatic carbocycles. The number of ether oxygens (including phenoxy) is 1. The second-order valence-corrected chi connectivity index (χ2v) is 7.52. The molecule has 1 atom stereocenters. The lowest BCUT2D eigenvalue weighted by Crippen LogP contribution is -2.31. The summed E-state index contributed by atoms with van der Waals surface area (Å²) in [5.74, 6) is 1.19. The first-order valence-corrected chi connectivity index (χ1v) is 9.93. The predicted octanol–water partition coefficient (Wildman–Crippen LogP) is 4.24. The van der Waals surface area contributed by atoms with E-state index in [1.54, 1.807) is 0 Å². The molecule has 0 fully saturated rings. The molecule has 148 valence electrons. The lowest BCUT2D eigenvalue weighted by molar-refractivity contribution is -0.122. The highest BCUT2D eigenvalue weighted by Gasteiger charge is 2.18. The molecule has 0 saturated carbocycles. The van der Waals surface area contributed by atoms with E-state index in [4.69, 9.17) is 4.74 Å². The molecule has 3 rings (SSSR count). The summed E-state index contributed by atoms with van der Waals surface area (Å²) >= 11 is 0. The van der Waals surface area contributed by atoms with Crippen LogP contribution in [0.2, 0.25) is 0 Å². The van der Waals surface area contributed by atoms with E-state index < -0.39 is 0 Å². The predicted molar refractivity (Wildman–Crippen MR) is 110 cm³/mol. The Kier molecular flexibility index (Phi) is 6.69. The fourth-order valence-electron chi connectivity index (χ4n) is 3.41. The van der Waals surface area contributed by atoms with Crippen LogP contribution in [0.25, 0.3) is 0 Å². The van der Waals surface area contributed by atoms with E-state index >= 15 is 0 Å². The van der Waals surface area contributed by atoms with Gasteiger partial charge < -0.3 is 15.4 Å². The summed E-state index contributed by atoms with van der Waals surface area (Å²) in [4.78, 5) is 23.8.